The number of aliphatic hydroxyl groups excluding tert-OH is 1. The lowest BCUT2D eigenvalue weighted by atomic mass is 10.1. The average molecular weight is 385 g/mol. The van der Waals surface area contributed by atoms with E-state index in [1.54, 1.807) is 0 Å². The first kappa shape index (κ1) is 19.0. The molecule has 2 aliphatic heterocycles. The number of aliphatic imine (C=N–C) groups is 1. The molecule has 0 spiro atoms. The van der Waals surface area contributed by atoms with E-state index < -0.39 is 6.10 Å². The number of hydrogen-bond donors (Lipinski definition) is 2. The van der Waals surface area contributed by atoms with Crippen molar-refractivity contribution in [2.24, 2.45) is 10.9 Å². The Balaban J connectivity index is 1.45. The lowest BCUT2D eigenvalue weighted by Crippen LogP contribution is -2.42. The summed E-state index contributed by atoms with van der Waals surface area (Å²) >= 11 is 7.37. The summed E-state index contributed by atoms with van der Waals surface area (Å²) in [7, 11) is 1.81. The molecule has 2 N–H and O–H groups in total. The van der Waals surface area contributed by atoms with Crippen molar-refractivity contribution >= 4 is 28.9 Å². The normalized spacial score (nSPS) is 23.9. The molecule has 5 nitrogen and oxygen atoms in total. The van der Waals surface area contributed by atoms with Crippen LogP contribution in [0.25, 0.3) is 0 Å². The van der Waals surface area contributed by atoms with Crippen molar-refractivity contribution in [3.63, 3.8) is 0 Å². The molecule has 0 saturated carbocycles. The van der Waals surface area contributed by atoms with Crippen LogP contribution in [-0.4, -0.2) is 67.2 Å². The molecule has 2 saturated heterocycles. The van der Waals surface area contributed by atoms with Gasteiger partial charge in [0.2, 0.25) is 0 Å². The third-order valence-electron chi connectivity index (χ3n) is 5.14. The van der Waals surface area contributed by atoms with Gasteiger partial charge >= 0.3 is 0 Å². The second kappa shape index (κ2) is 9.21. The molecule has 2 atom stereocenters. The van der Waals surface area contributed by atoms with Crippen molar-refractivity contribution < 1.29 is 5.11 Å². The second-order valence-electron chi connectivity index (χ2n) is 7.05. The van der Waals surface area contributed by atoms with Crippen molar-refractivity contribution in [1.82, 2.24) is 15.1 Å². The maximum atomic E-state index is 10.3. The molecule has 0 aliphatic carbocycles. The number of likely N-dealkylation sites (tertiary alicyclic amines) is 2. The van der Waals surface area contributed by atoms with Gasteiger partial charge < -0.3 is 20.2 Å². The molecule has 0 aromatic carbocycles. The van der Waals surface area contributed by atoms with E-state index >= 15 is 0 Å². The SMILES string of the molecule is CN=C(NCC(O)c1ccc(Cl)s1)N1CCC(CN2CCCCC2)C1. The first-order valence-electron chi connectivity index (χ1n) is 9.27. The predicted molar refractivity (Wildman–Crippen MR) is 106 cm³/mol. The lowest BCUT2D eigenvalue weighted by molar-refractivity contribution is 0.183. The highest BCUT2D eigenvalue weighted by molar-refractivity contribution is 7.16. The Morgan fingerprint density at radius 2 is 2.16 bits per heavy atom. The van der Waals surface area contributed by atoms with Gasteiger partial charge in [-0.3, -0.25) is 4.99 Å². The standard InChI is InChI=1S/C18H29ClN4OS/c1-20-18(21-11-15(24)16-5-6-17(19)25-16)23-10-7-14(13-23)12-22-8-3-2-4-9-22/h5-6,14-15,24H,2-4,7-13H2,1H3,(H,20,21). The summed E-state index contributed by atoms with van der Waals surface area (Å²) in [5.41, 5.74) is 0. The van der Waals surface area contributed by atoms with E-state index in [4.69, 9.17) is 11.6 Å². The Morgan fingerprint density at radius 1 is 1.36 bits per heavy atom. The summed E-state index contributed by atoms with van der Waals surface area (Å²) in [4.78, 5) is 10.2. The topological polar surface area (TPSA) is 51.1 Å². The minimum atomic E-state index is -0.555. The smallest absolute Gasteiger partial charge is 0.193 e. The van der Waals surface area contributed by atoms with E-state index in [9.17, 15) is 5.11 Å². The Kier molecular flexibility index (Phi) is 6.99. The highest BCUT2D eigenvalue weighted by Gasteiger charge is 2.27. The molecule has 25 heavy (non-hydrogen) atoms. The van der Waals surface area contributed by atoms with Gasteiger partial charge in [-0.25, -0.2) is 0 Å². The van der Waals surface area contributed by atoms with Crippen LogP contribution in [0.1, 0.15) is 36.7 Å². The van der Waals surface area contributed by atoms with Crippen molar-refractivity contribution in [3.05, 3.63) is 21.3 Å². The van der Waals surface area contributed by atoms with E-state index in [1.165, 1.54) is 56.7 Å². The highest BCUT2D eigenvalue weighted by Crippen LogP contribution is 2.26. The number of hydrogen-bond acceptors (Lipinski definition) is 4. The summed E-state index contributed by atoms with van der Waals surface area (Å²) < 4.78 is 0.707. The molecule has 2 unspecified atom stereocenters. The zero-order valence-electron chi connectivity index (χ0n) is 15.0. The molecular formula is C18H29ClN4OS. The lowest BCUT2D eigenvalue weighted by Gasteiger charge is -2.29. The van der Waals surface area contributed by atoms with Crippen LogP contribution in [0.4, 0.5) is 0 Å². The molecule has 7 heteroatoms. The fourth-order valence-electron chi connectivity index (χ4n) is 3.81. The van der Waals surface area contributed by atoms with E-state index in [0.717, 1.165) is 29.8 Å². The van der Waals surface area contributed by atoms with Gasteiger partial charge in [0.15, 0.2) is 5.96 Å². The van der Waals surface area contributed by atoms with Crippen LogP contribution >= 0.6 is 22.9 Å². The van der Waals surface area contributed by atoms with E-state index in [2.05, 4.69) is 20.1 Å². The number of halogens is 1. The van der Waals surface area contributed by atoms with Crippen molar-refractivity contribution in [2.45, 2.75) is 31.8 Å². The van der Waals surface area contributed by atoms with Gasteiger partial charge in [0.05, 0.1) is 4.34 Å². The number of aliphatic hydroxyl groups is 1. The first-order chi connectivity index (χ1) is 12.2. The second-order valence-corrected chi connectivity index (χ2v) is 8.79. The van der Waals surface area contributed by atoms with Gasteiger partial charge in [-0.2, -0.15) is 0 Å². The van der Waals surface area contributed by atoms with Gasteiger partial charge in [-0.1, -0.05) is 18.0 Å². The van der Waals surface area contributed by atoms with E-state index in [1.807, 2.05) is 19.2 Å². The monoisotopic (exact) mass is 384 g/mol. The minimum absolute atomic E-state index is 0.455. The predicted octanol–water partition coefficient (Wildman–Crippen LogP) is 2.82. The number of piperidine rings is 1. The average Bonchev–Trinajstić information content (AvgIpc) is 3.26. The molecule has 2 fully saturated rings. The Morgan fingerprint density at radius 3 is 2.84 bits per heavy atom. The van der Waals surface area contributed by atoms with Crippen molar-refractivity contribution in [2.75, 3.05) is 46.3 Å². The molecule has 2 aliphatic rings. The van der Waals surface area contributed by atoms with Gasteiger partial charge in [0.25, 0.3) is 0 Å². The van der Waals surface area contributed by atoms with Crippen LogP contribution in [0.2, 0.25) is 4.34 Å². The highest BCUT2D eigenvalue weighted by atomic mass is 35.5. The fraction of sp³-hybridized carbons (Fsp3) is 0.722. The Bertz CT molecular complexity index is 573. The summed E-state index contributed by atoms with van der Waals surface area (Å²) in [5, 5.41) is 13.6. The zero-order valence-corrected chi connectivity index (χ0v) is 16.5. The maximum absolute atomic E-state index is 10.3. The van der Waals surface area contributed by atoms with Crippen LogP contribution in [0.15, 0.2) is 17.1 Å². The zero-order chi connectivity index (χ0) is 17.6. The molecule has 140 valence electrons. The quantitative estimate of drug-likeness (QED) is 0.605. The van der Waals surface area contributed by atoms with E-state index in [-0.39, 0.29) is 0 Å². The third-order valence-corrected chi connectivity index (χ3v) is 6.47. The van der Waals surface area contributed by atoms with Crippen LogP contribution in [0.5, 0.6) is 0 Å². The van der Waals surface area contributed by atoms with Crippen LogP contribution in [-0.2, 0) is 0 Å². The largest absolute Gasteiger partial charge is 0.386 e. The van der Waals surface area contributed by atoms with Crippen LogP contribution in [0, 0.1) is 5.92 Å². The summed E-state index contributed by atoms with van der Waals surface area (Å²) in [6, 6.07) is 3.71. The van der Waals surface area contributed by atoms with Crippen molar-refractivity contribution in [3.8, 4) is 0 Å². The number of nitrogens with one attached hydrogen (secondary N) is 1. The molecule has 0 radical (unpaired) electrons. The van der Waals surface area contributed by atoms with Crippen molar-refractivity contribution in [1.29, 1.82) is 0 Å². The molecule has 3 heterocycles. The van der Waals surface area contributed by atoms with E-state index in [0.29, 0.717) is 10.9 Å². The maximum Gasteiger partial charge on any atom is 0.193 e. The Hall–Kier alpha value is -0.820. The van der Waals surface area contributed by atoms with Gasteiger partial charge in [0, 0.05) is 38.1 Å². The van der Waals surface area contributed by atoms with Gasteiger partial charge in [0.1, 0.15) is 6.10 Å². The third kappa shape index (κ3) is 5.33. The number of guanidine groups is 1. The molecular weight excluding hydrogens is 356 g/mol. The molecule has 0 bridgehead atoms. The number of thiophene rings is 1. The number of nitrogens with zero attached hydrogens (tertiary/aromatic N) is 3. The van der Waals surface area contributed by atoms with Crippen LogP contribution < -0.4 is 5.32 Å². The van der Waals surface area contributed by atoms with Gasteiger partial charge in [-0.05, 0) is 50.4 Å². The minimum Gasteiger partial charge on any atom is -0.386 e. The molecule has 1 aromatic heterocycles. The Labute approximate surface area is 159 Å². The van der Waals surface area contributed by atoms with Crippen LogP contribution in [0.3, 0.4) is 0 Å². The number of rotatable bonds is 5. The summed E-state index contributed by atoms with van der Waals surface area (Å²) in [6.07, 6.45) is 4.76. The summed E-state index contributed by atoms with van der Waals surface area (Å²) in [6.45, 7) is 6.29. The fourth-order valence-corrected chi connectivity index (χ4v) is 4.86. The summed E-state index contributed by atoms with van der Waals surface area (Å²) in [5.74, 6) is 1.61. The molecule has 3 rings (SSSR count). The molecule has 1 aromatic rings. The van der Waals surface area contributed by atoms with Gasteiger partial charge in [-0.15, -0.1) is 11.3 Å². The first-order valence-corrected chi connectivity index (χ1v) is 10.5. The molecule has 0 amide bonds.